The van der Waals surface area contributed by atoms with Gasteiger partial charge in [-0.1, -0.05) is 0 Å². The van der Waals surface area contributed by atoms with Crippen molar-refractivity contribution in [1.29, 1.82) is 5.26 Å². The summed E-state index contributed by atoms with van der Waals surface area (Å²) in [5, 5.41) is 19.5. The van der Waals surface area contributed by atoms with Gasteiger partial charge in [-0.05, 0) is 23.8 Å². The van der Waals surface area contributed by atoms with Gasteiger partial charge in [-0.15, -0.1) is 0 Å². The monoisotopic (exact) mass is 273 g/mol. The second-order valence-electron chi connectivity index (χ2n) is 3.82. The topological polar surface area (TPSA) is 89.0 Å². The molecule has 1 heterocycles. The molecular formula is C13H8FN3O3. The lowest BCUT2D eigenvalue weighted by molar-refractivity contribution is -0.386. The lowest BCUT2D eigenvalue weighted by atomic mass is 10.2. The summed E-state index contributed by atoms with van der Waals surface area (Å²) in [5.41, 5.74) is 0.496. The minimum atomic E-state index is -0.651. The number of ether oxygens (including phenoxy) is 1. The normalized spacial score (nSPS) is 9.80. The molecule has 2 rings (SSSR count). The lowest BCUT2D eigenvalue weighted by Gasteiger charge is -2.07. The average molecular weight is 273 g/mol. The van der Waals surface area contributed by atoms with Gasteiger partial charge in [-0.2, -0.15) is 5.26 Å². The molecule has 0 bridgehead atoms. The summed E-state index contributed by atoms with van der Waals surface area (Å²) in [6, 6.07) is 7.94. The van der Waals surface area contributed by atoms with Crippen LogP contribution in [-0.4, -0.2) is 9.91 Å². The van der Waals surface area contributed by atoms with Crippen molar-refractivity contribution < 1.29 is 14.1 Å². The van der Waals surface area contributed by atoms with Crippen LogP contribution in [0.15, 0.2) is 36.5 Å². The Morgan fingerprint density at radius 1 is 1.40 bits per heavy atom. The van der Waals surface area contributed by atoms with Crippen molar-refractivity contribution in [2.45, 2.75) is 6.61 Å². The van der Waals surface area contributed by atoms with E-state index in [1.54, 1.807) is 6.07 Å². The number of benzene rings is 1. The van der Waals surface area contributed by atoms with E-state index in [1.807, 2.05) is 6.07 Å². The maximum Gasteiger partial charge on any atom is 0.311 e. The van der Waals surface area contributed by atoms with E-state index in [2.05, 4.69) is 4.98 Å². The van der Waals surface area contributed by atoms with Crippen LogP contribution in [0.1, 0.15) is 11.3 Å². The number of nitriles is 1. The second-order valence-corrected chi connectivity index (χ2v) is 3.82. The number of nitro groups is 1. The van der Waals surface area contributed by atoms with E-state index >= 15 is 0 Å². The van der Waals surface area contributed by atoms with Crippen LogP contribution < -0.4 is 4.74 Å². The Labute approximate surface area is 113 Å². The maximum atomic E-state index is 13.1. The van der Waals surface area contributed by atoms with Crippen LogP contribution in [0.3, 0.4) is 0 Å². The highest BCUT2D eigenvalue weighted by Gasteiger charge is 2.16. The molecule has 0 unspecified atom stereocenters. The summed E-state index contributed by atoms with van der Waals surface area (Å²) in [7, 11) is 0. The molecule has 0 atom stereocenters. The second kappa shape index (κ2) is 5.75. The minimum absolute atomic E-state index is 0.0263. The molecule has 0 aliphatic carbocycles. The first-order chi connectivity index (χ1) is 9.60. The fourth-order valence-corrected chi connectivity index (χ4v) is 1.54. The van der Waals surface area contributed by atoms with Gasteiger partial charge in [0.1, 0.15) is 24.2 Å². The zero-order valence-corrected chi connectivity index (χ0v) is 10.1. The van der Waals surface area contributed by atoms with Crippen LogP contribution in [0.25, 0.3) is 0 Å². The van der Waals surface area contributed by atoms with Gasteiger partial charge in [0, 0.05) is 18.3 Å². The van der Waals surface area contributed by atoms with Crippen LogP contribution >= 0.6 is 0 Å². The van der Waals surface area contributed by atoms with E-state index in [0.29, 0.717) is 5.56 Å². The largest absolute Gasteiger partial charge is 0.482 e. The van der Waals surface area contributed by atoms with Crippen molar-refractivity contribution in [2.24, 2.45) is 0 Å². The van der Waals surface area contributed by atoms with Gasteiger partial charge in [0.05, 0.1) is 4.92 Å². The third kappa shape index (κ3) is 3.05. The van der Waals surface area contributed by atoms with Crippen molar-refractivity contribution in [3.63, 3.8) is 0 Å². The van der Waals surface area contributed by atoms with E-state index in [1.165, 1.54) is 12.3 Å². The summed E-state index contributed by atoms with van der Waals surface area (Å²) < 4.78 is 18.3. The molecule has 0 radical (unpaired) electrons. The first-order valence-corrected chi connectivity index (χ1v) is 5.52. The van der Waals surface area contributed by atoms with Crippen molar-refractivity contribution in [1.82, 2.24) is 4.98 Å². The van der Waals surface area contributed by atoms with Gasteiger partial charge in [-0.3, -0.25) is 10.1 Å². The van der Waals surface area contributed by atoms with E-state index in [0.717, 1.165) is 18.2 Å². The summed E-state index contributed by atoms with van der Waals surface area (Å²) in [4.78, 5) is 13.9. The molecule has 100 valence electrons. The number of hydrogen-bond acceptors (Lipinski definition) is 5. The van der Waals surface area contributed by atoms with Gasteiger partial charge in [0.25, 0.3) is 0 Å². The van der Waals surface area contributed by atoms with Crippen molar-refractivity contribution >= 4 is 5.69 Å². The van der Waals surface area contributed by atoms with Crippen LogP contribution in [0.5, 0.6) is 5.75 Å². The Morgan fingerprint density at radius 2 is 2.20 bits per heavy atom. The highest BCUT2D eigenvalue weighted by molar-refractivity contribution is 5.46. The van der Waals surface area contributed by atoms with E-state index in [-0.39, 0.29) is 23.7 Å². The molecule has 0 fully saturated rings. The van der Waals surface area contributed by atoms with Gasteiger partial charge in [-0.25, -0.2) is 9.37 Å². The van der Waals surface area contributed by atoms with Crippen LogP contribution in [0.2, 0.25) is 0 Å². The summed E-state index contributed by atoms with van der Waals surface area (Å²) in [6.07, 6.45) is 1.43. The SMILES string of the molecule is N#Cc1cc(COc2cc(F)ccc2[N+](=O)[O-])ccn1. The first kappa shape index (κ1) is 13.4. The van der Waals surface area contributed by atoms with Crippen LogP contribution in [-0.2, 0) is 6.61 Å². The van der Waals surface area contributed by atoms with E-state index in [9.17, 15) is 14.5 Å². The number of halogens is 1. The molecule has 0 spiro atoms. The number of rotatable bonds is 4. The molecule has 1 aromatic heterocycles. The molecular weight excluding hydrogens is 265 g/mol. The third-order valence-electron chi connectivity index (χ3n) is 2.45. The van der Waals surface area contributed by atoms with Crippen LogP contribution in [0, 0.1) is 27.3 Å². The predicted octanol–water partition coefficient (Wildman–Crippen LogP) is 2.58. The fourth-order valence-electron chi connectivity index (χ4n) is 1.54. The predicted molar refractivity (Wildman–Crippen MR) is 66.3 cm³/mol. The molecule has 2 aromatic rings. The lowest BCUT2D eigenvalue weighted by Crippen LogP contribution is -2.00. The fraction of sp³-hybridized carbons (Fsp3) is 0.0769. The Morgan fingerprint density at radius 3 is 2.90 bits per heavy atom. The molecule has 7 heteroatoms. The van der Waals surface area contributed by atoms with Gasteiger partial charge in [0.2, 0.25) is 0 Å². The molecule has 0 saturated heterocycles. The molecule has 0 aliphatic heterocycles. The molecule has 0 N–H and O–H groups in total. The standard InChI is InChI=1S/C13H8FN3O3/c14-10-1-2-12(17(18)19)13(6-10)20-8-9-3-4-16-11(5-9)7-15/h1-6H,8H2. The van der Waals surface area contributed by atoms with Crippen LogP contribution in [0.4, 0.5) is 10.1 Å². The number of pyridine rings is 1. The van der Waals surface area contributed by atoms with E-state index in [4.69, 9.17) is 10.00 Å². The van der Waals surface area contributed by atoms with Gasteiger partial charge >= 0.3 is 5.69 Å². The Kier molecular flexibility index (Phi) is 3.86. The van der Waals surface area contributed by atoms with E-state index < -0.39 is 10.7 Å². The minimum Gasteiger partial charge on any atom is -0.482 e. The van der Waals surface area contributed by atoms with Crippen molar-refractivity contribution in [3.8, 4) is 11.8 Å². The van der Waals surface area contributed by atoms with Gasteiger partial charge < -0.3 is 4.74 Å². The quantitative estimate of drug-likeness (QED) is 0.630. The smallest absolute Gasteiger partial charge is 0.311 e. The number of hydrogen-bond donors (Lipinski definition) is 0. The Bertz CT molecular complexity index is 698. The average Bonchev–Trinajstić information content (AvgIpc) is 2.45. The highest BCUT2D eigenvalue weighted by atomic mass is 19.1. The Hall–Kier alpha value is -3.01. The molecule has 0 aliphatic rings. The number of aromatic nitrogens is 1. The summed E-state index contributed by atoms with van der Waals surface area (Å²) >= 11 is 0. The molecule has 1 aromatic carbocycles. The molecule has 6 nitrogen and oxygen atoms in total. The molecule has 20 heavy (non-hydrogen) atoms. The Balaban J connectivity index is 2.20. The zero-order valence-electron chi connectivity index (χ0n) is 10.1. The van der Waals surface area contributed by atoms with Crippen molar-refractivity contribution in [2.75, 3.05) is 0 Å². The highest BCUT2D eigenvalue weighted by Crippen LogP contribution is 2.28. The maximum absolute atomic E-state index is 13.1. The van der Waals surface area contributed by atoms with Crippen molar-refractivity contribution in [3.05, 3.63) is 63.7 Å². The third-order valence-corrected chi connectivity index (χ3v) is 2.45. The number of nitro benzene ring substituents is 1. The zero-order chi connectivity index (χ0) is 14.5. The van der Waals surface area contributed by atoms with Gasteiger partial charge in [0.15, 0.2) is 5.75 Å². The first-order valence-electron chi connectivity index (χ1n) is 5.52. The molecule has 0 amide bonds. The summed E-state index contributed by atoms with van der Waals surface area (Å²) in [5.74, 6) is -0.789. The summed E-state index contributed by atoms with van der Waals surface area (Å²) in [6.45, 7) is -0.0263. The number of nitrogens with zero attached hydrogens (tertiary/aromatic N) is 3. The molecule has 0 saturated carbocycles.